The second-order valence-electron chi connectivity index (χ2n) is 7.55. The molecule has 1 N–H and O–H groups in total. The van der Waals surface area contributed by atoms with Gasteiger partial charge in [-0.15, -0.1) is 0 Å². The molecule has 1 amide bonds. The van der Waals surface area contributed by atoms with E-state index in [1.807, 2.05) is 20.8 Å². The maximum absolute atomic E-state index is 12.3. The van der Waals surface area contributed by atoms with Crippen LogP contribution in [-0.4, -0.2) is 35.6 Å². The average molecular weight is 358 g/mol. The van der Waals surface area contributed by atoms with Gasteiger partial charge in [0.1, 0.15) is 5.82 Å². The summed E-state index contributed by atoms with van der Waals surface area (Å²) in [5.41, 5.74) is 1.94. The van der Waals surface area contributed by atoms with Crippen molar-refractivity contribution in [2.45, 2.75) is 51.2 Å². The third-order valence-electron chi connectivity index (χ3n) is 4.08. The monoisotopic (exact) mass is 357 g/mol. The Bertz CT molecular complexity index is 732. The van der Waals surface area contributed by atoms with E-state index in [0.29, 0.717) is 18.7 Å². The van der Waals surface area contributed by atoms with E-state index in [9.17, 15) is 13.2 Å². The summed E-state index contributed by atoms with van der Waals surface area (Å²) < 4.78 is 25.3. The Morgan fingerprint density at radius 2 is 2.13 bits per heavy atom. The van der Waals surface area contributed by atoms with Gasteiger partial charge in [0.15, 0.2) is 9.84 Å². The van der Waals surface area contributed by atoms with E-state index in [2.05, 4.69) is 10.4 Å². The molecule has 0 saturated carbocycles. The molecular weight excluding hydrogens is 334 g/mol. The fourth-order valence-corrected chi connectivity index (χ4v) is 5.78. The standard InChI is InChI=1S/C15H23N3O3S2/c1-15(2,3)6-13(19)16-14-11-7-22-8-12(11)17-18(14)10-4-5-23(20,21)9-10/h10H,4-9H2,1-3H3,(H,16,19). The average Bonchev–Trinajstić information content (AvgIpc) is 3.03. The molecule has 1 aromatic rings. The number of nitrogens with zero attached hydrogens (tertiary/aromatic N) is 2. The van der Waals surface area contributed by atoms with Crippen LogP contribution in [0.5, 0.6) is 0 Å². The van der Waals surface area contributed by atoms with Crippen molar-refractivity contribution < 1.29 is 13.2 Å². The van der Waals surface area contributed by atoms with Gasteiger partial charge in [0, 0.05) is 23.5 Å². The Morgan fingerprint density at radius 1 is 1.39 bits per heavy atom. The van der Waals surface area contributed by atoms with Gasteiger partial charge in [-0.05, 0) is 11.8 Å². The topological polar surface area (TPSA) is 81.1 Å². The lowest BCUT2D eigenvalue weighted by Crippen LogP contribution is -2.23. The van der Waals surface area contributed by atoms with Gasteiger partial charge in [-0.3, -0.25) is 4.79 Å². The minimum absolute atomic E-state index is 0.0424. The minimum atomic E-state index is -2.99. The number of carbonyl (C=O) groups is 1. The maximum atomic E-state index is 12.3. The zero-order valence-corrected chi connectivity index (χ0v) is 15.4. The minimum Gasteiger partial charge on any atom is -0.311 e. The number of thioether (sulfide) groups is 1. The number of aromatic nitrogens is 2. The van der Waals surface area contributed by atoms with Gasteiger partial charge < -0.3 is 5.32 Å². The van der Waals surface area contributed by atoms with Crippen molar-refractivity contribution in [3.63, 3.8) is 0 Å². The molecule has 128 valence electrons. The summed E-state index contributed by atoms with van der Waals surface area (Å²) in [5, 5.41) is 7.61. The molecule has 3 heterocycles. The van der Waals surface area contributed by atoms with Crippen molar-refractivity contribution >= 4 is 33.3 Å². The smallest absolute Gasteiger partial charge is 0.226 e. The number of nitrogens with one attached hydrogen (secondary N) is 1. The number of amides is 1. The predicted molar refractivity (Wildman–Crippen MR) is 92.2 cm³/mol. The van der Waals surface area contributed by atoms with Crippen LogP contribution in [0, 0.1) is 5.41 Å². The molecule has 0 radical (unpaired) electrons. The molecule has 1 unspecified atom stereocenters. The van der Waals surface area contributed by atoms with Crippen molar-refractivity contribution in [1.82, 2.24) is 9.78 Å². The molecular formula is C15H23N3O3S2. The summed E-state index contributed by atoms with van der Waals surface area (Å²) in [5.74, 6) is 2.62. The number of sulfone groups is 1. The molecule has 8 heteroatoms. The molecule has 1 aromatic heterocycles. The Labute approximate surface area is 141 Å². The highest BCUT2D eigenvalue weighted by Crippen LogP contribution is 2.38. The molecule has 1 atom stereocenters. The molecule has 0 aromatic carbocycles. The normalized spacial score (nSPS) is 23.0. The van der Waals surface area contributed by atoms with Gasteiger partial charge in [-0.25, -0.2) is 13.1 Å². The van der Waals surface area contributed by atoms with E-state index < -0.39 is 9.84 Å². The predicted octanol–water partition coefficient (Wildman–Crippen LogP) is 2.36. The number of anilines is 1. The molecule has 0 bridgehead atoms. The first-order valence-corrected chi connectivity index (χ1v) is 10.8. The Hall–Kier alpha value is -1.02. The number of hydrogen-bond donors (Lipinski definition) is 1. The number of carbonyl (C=O) groups excluding carboxylic acids is 1. The lowest BCUT2D eigenvalue weighted by molar-refractivity contribution is -0.117. The lowest BCUT2D eigenvalue weighted by atomic mass is 9.92. The molecule has 3 rings (SSSR count). The lowest BCUT2D eigenvalue weighted by Gasteiger charge is -2.19. The van der Waals surface area contributed by atoms with Crippen LogP contribution in [0.2, 0.25) is 0 Å². The van der Waals surface area contributed by atoms with Gasteiger partial charge >= 0.3 is 0 Å². The highest BCUT2D eigenvalue weighted by molar-refractivity contribution is 7.98. The van der Waals surface area contributed by atoms with Crippen molar-refractivity contribution in [1.29, 1.82) is 0 Å². The van der Waals surface area contributed by atoms with Gasteiger partial charge in [0.25, 0.3) is 0 Å². The van der Waals surface area contributed by atoms with Crippen LogP contribution in [0.1, 0.15) is 50.9 Å². The zero-order chi connectivity index (χ0) is 16.8. The summed E-state index contributed by atoms with van der Waals surface area (Å²) in [7, 11) is -2.99. The van der Waals surface area contributed by atoms with Crippen LogP contribution in [0.25, 0.3) is 0 Å². The zero-order valence-electron chi connectivity index (χ0n) is 13.8. The van der Waals surface area contributed by atoms with E-state index in [-0.39, 0.29) is 28.9 Å². The third kappa shape index (κ3) is 3.74. The van der Waals surface area contributed by atoms with E-state index in [1.54, 1.807) is 16.4 Å². The van der Waals surface area contributed by atoms with Gasteiger partial charge in [0.05, 0.1) is 23.2 Å². The first-order valence-electron chi connectivity index (χ1n) is 7.83. The third-order valence-corrected chi connectivity index (χ3v) is 6.80. The SMILES string of the molecule is CC(C)(C)CC(=O)Nc1c2c(nn1C1CCS(=O)(=O)C1)CSC2. The van der Waals surface area contributed by atoms with Crippen LogP contribution in [0.4, 0.5) is 5.82 Å². The molecule has 0 spiro atoms. The van der Waals surface area contributed by atoms with Crippen LogP contribution in [0.3, 0.4) is 0 Å². The first kappa shape index (κ1) is 16.8. The van der Waals surface area contributed by atoms with Crippen LogP contribution < -0.4 is 5.32 Å². The van der Waals surface area contributed by atoms with Gasteiger partial charge in [-0.1, -0.05) is 20.8 Å². The van der Waals surface area contributed by atoms with Crippen LogP contribution >= 0.6 is 11.8 Å². The first-order chi connectivity index (χ1) is 10.6. The molecule has 1 fully saturated rings. The molecule has 6 nitrogen and oxygen atoms in total. The molecule has 2 aliphatic rings. The van der Waals surface area contributed by atoms with E-state index >= 15 is 0 Å². The van der Waals surface area contributed by atoms with Gasteiger partial charge in [0.2, 0.25) is 5.91 Å². The van der Waals surface area contributed by atoms with Crippen LogP contribution in [0.15, 0.2) is 0 Å². The quantitative estimate of drug-likeness (QED) is 0.898. The van der Waals surface area contributed by atoms with Gasteiger partial charge in [-0.2, -0.15) is 16.9 Å². The number of hydrogen-bond acceptors (Lipinski definition) is 5. The molecule has 0 aliphatic carbocycles. The fourth-order valence-electron chi connectivity index (χ4n) is 3.06. The second-order valence-corrected chi connectivity index (χ2v) is 10.8. The largest absolute Gasteiger partial charge is 0.311 e. The highest BCUT2D eigenvalue weighted by atomic mass is 32.2. The van der Waals surface area contributed by atoms with Crippen molar-refractivity contribution in [3.05, 3.63) is 11.3 Å². The fraction of sp³-hybridized carbons (Fsp3) is 0.733. The Balaban J connectivity index is 1.88. The molecule has 23 heavy (non-hydrogen) atoms. The van der Waals surface area contributed by atoms with Crippen LogP contribution in [-0.2, 0) is 26.1 Å². The summed E-state index contributed by atoms with van der Waals surface area (Å²) in [4.78, 5) is 12.3. The van der Waals surface area contributed by atoms with E-state index in [4.69, 9.17) is 0 Å². The summed E-state index contributed by atoms with van der Waals surface area (Å²) >= 11 is 1.77. The Morgan fingerprint density at radius 3 is 2.74 bits per heavy atom. The summed E-state index contributed by atoms with van der Waals surface area (Å²) in [6.07, 6.45) is 0.987. The number of rotatable bonds is 3. The number of fused-ring (bicyclic) bond motifs is 1. The summed E-state index contributed by atoms with van der Waals surface area (Å²) in [6, 6.07) is -0.166. The maximum Gasteiger partial charge on any atom is 0.226 e. The van der Waals surface area contributed by atoms with E-state index in [0.717, 1.165) is 22.8 Å². The molecule has 2 aliphatic heterocycles. The summed E-state index contributed by atoms with van der Waals surface area (Å²) in [6.45, 7) is 6.06. The van der Waals surface area contributed by atoms with Crippen molar-refractivity contribution in [2.75, 3.05) is 16.8 Å². The highest BCUT2D eigenvalue weighted by Gasteiger charge is 2.34. The second kappa shape index (κ2) is 5.81. The van der Waals surface area contributed by atoms with Crippen molar-refractivity contribution in [3.8, 4) is 0 Å². The molecule has 1 saturated heterocycles. The van der Waals surface area contributed by atoms with Crippen molar-refractivity contribution in [2.24, 2.45) is 5.41 Å². The Kier molecular flexibility index (Phi) is 4.25. The van der Waals surface area contributed by atoms with E-state index in [1.165, 1.54) is 0 Å².